The summed E-state index contributed by atoms with van der Waals surface area (Å²) in [7, 11) is 0. The van der Waals surface area contributed by atoms with Gasteiger partial charge in [0.05, 0.1) is 0 Å². The molecule has 2 rings (SSSR count). The quantitative estimate of drug-likeness (QED) is 0.853. The molecule has 1 atom stereocenters. The van der Waals surface area contributed by atoms with Gasteiger partial charge in [-0.1, -0.05) is 6.92 Å². The van der Waals surface area contributed by atoms with E-state index < -0.39 is 0 Å². The van der Waals surface area contributed by atoms with E-state index in [9.17, 15) is 0 Å². The molecule has 1 saturated heterocycles. The van der Waals surface area contributed by atoms with E-state index in [1.807, 2.05) is 11.3 Å². The number of rotatable bonds is 5. The van der Waals surface area contributed by atoms with Crippen LogP contribution >= 0.6 is 11.3 Å². The van der Waals surface area contributed by atoms with Crippen LogP contribution in [0.5, 0.6) is 0 Å². The summed E-state index contributed by atoms with van der Waals surface area (Å²) < 4.78 is 0. The monoisotopic (exact) mass is 239 g/mol. The first-order chi connectivity index (χ1) is 7.81. The summed E-state index contributed by atoms with van der Waals surface area (Å²) in [6.45, 7) is 6.02. The molecule has 16 heavy (non-hydrogen) atoms. The molecule has 1 unspecified atom stereocenters. The minimum atomic E-state index is 0.345. The summed E-state index contributed by atoms with van der Waals surface area (Å²) >= 11 is 1.94. The van der Waals surface area contributed by atoms with E-state index in [0.717, 1.165) is 25.3 Å². The van der Waals surface area contributed by atoms with Crippen molar-refractivity contribution >= 4 is 11.3 Å². The molecule has 1 fully saturated rings. The second-order valence-corrected chi connectivity index (χ2v) is 5.88. The Labute approximate surface area is 102 Å². The molecule has 1 aromatic heterocycles. The molecule has 0 aromatic carbocycles. The van der Waals surface area contributed by atoms with Crippen LogP contribution in [0.2, 0.25) is 0 Å². The molecule has 1 aliphatic rings. The van der Waals surface area contributed by atoms with E-state index in [1.54, 1.807) is 0 Å². The van der Waals surface area contributed by atoms with Crippen LogP contribution in [0.3, 0.4) is 0 Å². The van der Waals surface area contributed by atoms with E-state index in [0.29, 0.717) is 6.61 Å². The number of aliphatic hydroxyl groups excluding tert-OH is 1. The fourth-order valence-electron chi connectivity index (χ4n) is 2.39. The van der Waals surface area contributed by atoms with Crippen molar-refractivity contribution in [2.75, 3.05) is 19.7 Å². The SMILES string of the molecule is CCc1ccc(CN2CCC(CCO)C2)s1. The molecule has 2 heterocycles. The van der Waals surface area contributed by atoms with Crippen LogP contribution in [-0.2, 0) is 13.0 Å². The van der Waals surface area contributed by atoms with Gasteiger partial charge in [-0.25, -0.2) is 0 Å². The van der Waals surface area contributed by atoms with Gasteiger partial charge in [-0.2, -0.15) is 0 Å². The topological polar surface area (TPSA) is 23.5 Å². The van der Waals surface area contributed by atoms with Gasteiger partial charge < -0.3 is 5.11 Å². The van der Waals surface area contributed by atoms with Gasteiger partial charge in [0.2, 0.25) is 0 Å². The van der Waals surface area contributed by atoms with Crippen molar-refractivity contribution in [2.45, 2.75) is 32.7 Å². The Balaban J connectivity index is 1.82. The highest BCUT2D eigenvalue weighted by molar-refractivity contribution is 7.11. The fraction of sp³-hybridized carbons (Fsp3) is 0.692. The molecular formula is C13H21NOS. The Morgan fingerprint density at radius 2 is 2.25 bits per heavy atom. The maximum absolute atomic E-state index is 8.92. The standard InChI is InChI=1S/C13H21NOS/c1-2-12-3-4-13(16-12)10-14-7-5-11(9-14)6-8-15/h3-4,11,15H,2,5-10H2,1H3. The normalized spacial score (nSPS) is 21.8. The summed E-state index contributed by atoms with van der Waals surface area (Å²) in [5.41, 5.74) is 0. The van der Waals surface area contributed by atoms with Gasteiger partial charge in [0, 0.05) is 29.5 Å². The third-order valence-electron chi connectivity index (χ3n) is 3.35. The van der Waals surface area contributed by atoms with Gasteiger partial charge in [-0.05, 0) is 43.9 Å². The molecule has 0 radical (unpaired) electrons. The van der Waals surface area contributed by atoms with E-state index >= 15 is 0 Å². The van der Waals surface area contributed by atoms with Crippen molar-refractivity contribution in [1.82, 2.24) is 4.90 Å². The average Bonchev–Trinajstić information content (AvgIpc) is 2.89. The summed E-state index contributed by atoms with van der Waals surface area (Å²) in [6.07, 6.45) is 3.38. The molecule has 1 aliphatic heterocycles. The maximum Gasteiger partial charge on any atom is 0.0434 e. The van der Waals surface area contributed by atoms with Gasteiger partial charge >= 0.3 is 0 Å². The van der Waals surface area contributed by atoms with Gasteiger partial charge in [0.1, 0.15) is 0 Å². The van der Waals surface area contributed by atoms with E-state index in [4.69, 9.17) is 5.11 Å². The third-order valence-corrected chi connectivity index (χ3v) is 4.57. The third kappa shape index (κ3) is 3.06. The molecule has 0 amide bonds. The van der Waals surface area contributed by atoms with Crippen molar-refractivity contribution in [1.29, 1.82) is 0 Å². The number of likely N-dealkylation sites (tertiary alicyclic amines) is 1. The van der Waals surface area contributed by atoms with Gasteiger partial charge in [0.25, 0.3) is 0 Å². The molecule has 0 aliphatic carbocycles. The van der Waals surface area contributed by atoms with Crippen LogP contribution in [0.1, 0.15) is 29.5 Å². The number of thiophene rings is 1. The second-order valence-electron chi connectivity index (χ2n) is 4.62. The van der Waals surface area contributed by atoms with Crippen LogP contribution in [0.25, 0.3) is 0 Å². The Hall–Kier alpha value is -0.380. The highest BCUT2D eigenvalue weighted by atomic mass is 32.1. The first-order valence-electron chi connectivity index (χ1n) is 6.22. The van der Waals surface area contributed by atoms with Crippen LogP contribution < -0.4 is 0 Å². The fourth-order valence-corrected chi connectivity index (χ4v) is 3.39. The van der Waals surface area contributed by atoms with Crippen molar-refractivity contribution in [3.05, 3.63) is 21.9 Å². The zero-order valence-electron chi connectivity index (χ0n) is 9.98. The van der Waals surface area contributed by atoms with Gasteiger partial charge in [0.15, 0.2) is 0 Å². The van der Waals surface area contributed by atoms with Crippen LogP contribution in [0, 0.1) is 5.92 Å². The highest BCUT2D eigenvalue weighted by Gasteiger charge is 2.22. The van der Waals surface area contributed by atoms with Crippen LogP contribution in [0.15, 0.2) is 12.1 Å². The molecule has 90 valence electrons. The number of hydrogen-bond acceptors (Lipinski definition) is 3. The van der Waals surface area contributed by atoms with E-state index in [1.165, 1.54) is 29.3 Å². The van der Waals surface area contributed by atoms with Crippen molar-refractivity contribution in [3.63, 3.8) is 0 Å². The minimum Gasteiger partial charge on any atom is -0.396 e. The van der Waals surface area contributed by atoms with E-state index in [2.05, 4.69) is 24.0 Å². The van der Waals surface area contributed by atoms with Crippen molar-refractivity contribution in [3.8, 4) is 0 Å². The highest BCUT2D eigenvalue weighted by Crippen LogP contribution is 2.24. The van der Waals surface area contributed by atoms with E-state index in [-0.39, 0.29) is 0 Å². The number of nitrogens with zero attached hydrogens (tertiary/aromatic N) is 1. The lowest BCUT2D eigenvalue weighted by atomic mass is 10.1. The summed E-state index contributed by atoms with van der Waals surface area (Å²) in [4.78, 5) is 5.49. The zero-order valence-corrected chi connectivity index (χ0v) is 10.8. The molecule has 0 bridgehead atoms. The summed E-state index contributed by atoms with van der Waals surface area (Å²) in [5.74, 6) is 0.718. The smallest absolute Gasteiger partial charge is 0.0434 e. The minimum absolute atomic E-state index is 0.345. The predicted octanol–water partition coefficient (Wildman–Crippen LogP) is 2.51. The molecule has 0 saturated carbocycles. The van der Waals surface area contributed by atoms with Crippen molar-refractivity contribution < 1.29 is 5.11 Å². The predicted molar refractivity (Wildman–Crippen MR) is 68.8 cm³/mol. The zero-order chi connectivity index (χ0) is 11.4. The average molecular weight is 239 g/mol. The lowest BCUT2D eigenvalue weighted by molar-refractivity contribution is 0.250. The summed E-state index contributed by atoms with van der Waals surface area (Å²) in [6, 6.07) is 4.52. The molecule has 0 spiro atoms. The Morgan fingerprint density at radius 3 is 2.94 bits per heavy atom. The van der Waals surface area contributed by atoms with Gasteiger partial charge in [-0.3, -0.25) is 4.90 Å². The number of hydrogen-bond donors (Lipinski definition) is 1. The lowest BCUT2D eigenvalue weighted by Gasteiger charge is -2.14. The van der Waals surface area contributed by atoms with Gasteiger partial charge in [-0.15, -0.1) is 11.3 Å². The van der Waals surface area contributed by atoms with Crippen LogP contribution in [-0.4, -0.2) is 29.7 Å². The van der Waals surface area contributed by atoms with Crippen molar-refractivity contribution in [2.24, 2.45) is 5.92 Å². The Bertz CT molecular complexity index is 323. The Morgan fingerprint density at radius 1 is 1.44 bits per heavy atom. The molecular weight excluding hydrogens is 218 g/mol. The second kappa shape index (κ2) is 5.80. The lowest BCUT2D eigenvalue weighted by Crippen LogP contribution is -2.19. The molecule has 3 heteroatoms. The number of aryl methyl sites for hydroxylation is 1. The molecule has 1 N–H and O–H groups in total. The summed E-state index contributed by atoms with van der Waals surface area (Å²) in [5, 5.41) is 8.92. The molecule has 2 nitrogen and oxygen atoms in total. The first kappa shape index (κ1) is 12.1. The largest absolute Gasteiger partial charge is 0.396 e. The van der Waals surface area contributed by atoms with Crippen LogP contribution in [0.4, 0.5) is 0 Å². The first-order valence-corrected chi connectivity index (χ1v) is 7.04. The Kier molecular flexibility index (Phi) is 4.38. The number of aliphatic hydroxyl groups is 1. The molecule has 1 aromatic rings. The maximum atomic E-state index is 8.92.